The first-order valence-corrected chi connectivity index (χ1v) is 6.54. The molecule has 0 aromatic heterocycles. The van der Waals surface area contributed by atoms with Gasteiger partial charge in [-0.2, -0.15) is 0 Å². The largest absolute Gasteiger partial charge is 0.379 e. The maximum absolute atomic E-state index is 6.44. The maximum atomic E-state index is 6.44. The Morgan fingerprint density at radius 3 is 2.06 bits per heavy atom. The molecule has 0 spiro atoms. The molecular weight excluding hydrogens is 210 g/mol. The minimum atomic E-state index is 0.00456. The van der Waals surface area contributed by atoms with E-state index in [0.29, 0.717) is 5.92 Å². The molecule has 0 unspecified atom stereocenters. The first-order chi connectivity index (χ1) is 8.07. The van der Waals surface area contributed by atoms with Gasteiger partial charge in [-0.25, -0.2) is 0 Å². The lowest BCUT2D eigenvalue weighted by atomic mass is 9.70. The van der Waals surface area contributed by atoms with Crippen molar-refractivity contribution < 1.29 is 4.74 Å². The van der Waals surface area contributed by atoms with E-state index in [1.807, 2.05) is 0 Å². The van der Waals surface area contributed by atoms with Crippen molar-refractivity contribution in [2.75, 3.05) is 13.2 Å². The van der Waals surface area contributed by atoms with E-state index in [1.54, 1.807) is 0 Å². The number of rotatable bonds is 3. The number of hydrogen-bond donors (Lipinski definition) is 1. The van der Waals surface area contributed by atoms with Crippen LogP contribution in [0.15, 0.2) is 24.3 Å². The summed E-state index contributed by atoms with van der Waals surface area (Å²) in [5.74, 6) is 0.588. The first-order valence-electron chi connectivity index (χ1n) is 6.54. The zero-order valence-electron chi connectivity index (χ0n) is 10.7. The molecule has 1 aliphatic carbocycles. The topological polar surface area (TPSA) is 35.2 Å². The molecule has 2 aliphatic rings. The predicted octanol–water partition coefficient (Wildman–Crippen LogP) is 2.57. The Bertz CT molecular complexity index is 413. The van der Waals surface area contributed by atoms with E-state index < -0.39 is 0 Å². The molecule has 2 N–H and O–H groups in total. The number of benzene rings is 1. The Morgan fingerprint density at radius 2 is 1.71 bits per heavy atom. The lowest BCUT2D eigenvalue weighted by Crippen LogP contribution is -2.60. The molecule has 1 aliphatic heterocycles. The van der Waals surface area contributed by atoms with Gasteiger partial charge in [-0.1, -0.05) is 38.1 Å². The summed E-state index contributed by atoms with van der Waals surface area (Å²) < 4.78 is 5.46. The van der Waals surface area contributed by atoms with Crippen molar-refractivity contribution in [3.05, 3.63) is 35.4 Å². The molecule has 2 nitrogen and oxygen atoms in total. The molecule has 2 heteroatoms. The van der Waals surface area contributed by atoms with Gasteiger partial charge in [0.05, 0.1) is 18.6 Å². The highest BCUT2D eigenvalue weighted by Crippen LogP contribution is 2.53. The van der Waals surface area contributed by atoms with Crippen molar-refractivity contribution in [2.45, 2.75) is 43.6 Å². The van der Waals surface area contributed by atoms with Gasteiger partial charge in [-0.05, 0) is 29.9 Å². The molecule has 1 aromatic rings. The maximum Gasteiger partial charge on any atom is 0.0603 e. The third-order valence-corrected chi connectivity index (χ3v) is 4.57. The van der Waals surface area contributed by atoms with Gasteiger partial charge in [0.25, 0.3) is 0 Å². The van der Waals surface area contributed by atoms with Gasteiger partial charge < -0.3 is 10.5 Å². The Morgan fingerprint density at radius 1 is 1.12 bits per heavy atom. The van der Waals surface area contributed by atoms with Crippen LogP contribution < -0.4 is 5.73 Å². The average molecular weight is 231 g/mol. The number of ether oxygens (including phenoxy) is 1. The third-order valence-electron chi connectivity index (χ3n) is 4.57. The second-order valence-corrected chi connectivity index (χ2v) is 6.01. The van der Waals surface area contributed by atoms with Crippen LogP contribution in [0.5, 0.6) is 0 Å². The summed E-state index contributed by atoms with van der Waals surface area (Å²) in [6.45, 7) is 6.04. The van der Waals surface area contributed by atoms with E-state index in [1.165, 1.54) is 11.1 Å². The zero-order valence-corrected chi connectivity index (χ0v) is 10.7. The lowest BCUT2D eigenvalue weighted by molar-refractivity contribution is -0.0786. The molecule has 0 bridgehead atoms. The first kappa shape index (κ1) is 11.2. The summed E-state index contributed by atoms with van der Waals surface area (Å²) in [7, 11) is 0. The fourth-order valence-corrected chi connectivity index (χ4v) is 2.85. The monoisotopic (exact) mass is 231 g/mol. The zero-order chi connectivity index (χ0) is 12.1. The van der Waals surface area contributed by atoms with Crippen molar-refractivity contribution in [3.63, 3.8) is 0 Å². The van der Waals surface area contributed by atoms with Crippen LogP contribution in [-0.2, 0) is 10.2 Å². The highest BCUT2D eigenvalue weighted by Gasteiger charge is 2.61. The van der Waals surface area contributed by atoms with Crippen LogP contribution in [0, 0.1) is 0 Å². The van der Waals surface area contributed by atoms with E-state index in [0.717, 1.165) is 26.1 Å². The van der Waals surface area contributed by atoms with Crippen LogP contribution in [0.1, 0.15) is 43.7 Å². The van der Waals surface area contributed by atoms with Crippen LogP contribution in [0.4, 0.5) is 0 Å². The summed E-state index contributed by atoms with van der Waals surface area (Å²) in [6.07, 6.45) is 2.28. The van der Waals surface area contributed by atoms with Crippen molar-refractivity contribution >= 4 is 0 Å². The van der Waals surface area contributed by atoms with Crippen LogP contribution in [-0.4, -0.2) is 18.8 Å². The fraction of sp³-hybridized carbons (Fsp3) is 0.600. The van der Waals surface area contributed by atoms with Gasteiger partial charge in [0, 0.05) is 5.54 Å². The Hall–Kier alpha value is -0.860. The van der Waals surface area contributed by atoms with E-state index in [2.05, 4.69) is 38.1 Å². The molecule has 0 radical (unpaired) electrons. The fourth-order valence-electron chi connectivity index (χ4n) is 2.85. The third kappa shape index (κ3) is 1.54. The molecule has 0 amide bonds. The Labute approximate surface area is 103 Å². The van der Waals surface area contributed by atoms with Gasteiger partial charge >= 0.3 is 0 Å². The molecule has 0 atom stereocenters. The van der Waals surface area contributed by atoms with E-state index in [9.17, 15) is 0 Å². The van der Waals surface area contributed by atoms with Gasteiger partial charge in [0.2, 0.25) is 0 Å². The summed E-state index contributed by atoms with van der Waals surface area (Å²) in [4.78, 5) is 0. The SMILES string of the molecule is CC(C)c1ccc(C2(C3(N)CC3)COC2)cc1. The summed E-state index contributed by atoms with van der Waals surface area (Å²) in [6, 6.07) is 8.99. The van der Waals surface area contributed by atoms with Gasteiger partial charge in [0.1, 0.15) is 0 Å². The van der Waals surface area contributed by atoms with Crippen LogP contribution in [0.25, 0.3) is 0 Å². The van der Waals surface area contributed by atoms with Crippen molar-refractivity contribution in [3.8, 4) is 0 Å². The molecular formula is C15H21NO. The van der Waals surface area contributed by atoms with Crippen LogP contribution in [0.2, 0.25) is 0 Å². The second kappa shape index (κ2) is 3.56. The summed E-state index contributed by atoms with van der Waals surface area (Å²) >= 11 is 0. The second-order valence-electron chi connectivity index (χ2n) is 6.01. The minimum absolute atomic E-state index is 0.00456. The number of nitrogens with two attached hydrogens (primary N) is 1. The van der Waals surface area contributed by atoms with Crippen LogP contribution >= 0.6 is 0 Å². The normalized spacial score (nSPS) is 24.5. The van der Waals surface area contributed by atoms with Crippen LogP contribution in [0.3, 0.4) is 0 Å². The summed E-state index contributed by atoms with van der Waals surface area (Å²) in [5.41, 5.74) is 9.30. The Balaban J connectivity index is 1.92. The molecule has 2 fully saturated rings. The van der Waals surface area contributed by atoms with Crippen molar-refractivity contribution in [1.29, 1.82) is 0 Å². The van der Waals surface area contributed by atoms with E-state index >= 15 is 0 Å². The molecule has 1 aromatic carbocycles. The minimum Gasteiger partial charge on any atom is -0.379 e. The molecule has 1 heterocycles. The molecule has 3 rings (SSSR count). The molecule has 92 valence electrons. The quantitative estimate of drug-likeness (QED) is 0.867. The van der Waals surface area contributed by atoms with Gasteiger partial charge in [-0.3, -0.25) is 0 Å². The van der Waals surface area contributed by atoms with E-state index in [-0.39, 0.29) is 11.0 Å². The standard InChI is InChI=1S/C15H21NO/c1-11(2)12-3-5-13(6-4-12)14(9-17-10-14)15(16)7-8-15/h3-6,11H,7-10,16H2,1-2H3. The van der Waals surface area contributed by atoms with Crippen molar-refractivity contribution in [2.24, 2.45) is 5.73 Å². The molecule has 17 heavy (non-hydrogen) atoms. The predicted molar refractivity (Wildman–Crippen MR) is 69.2 cm³/mol. The Kier molecular flexibility index (Phi) is 2.36. The number of hydrogen-bond acceptors (Lipinski definition) is 2. The smallest absolute Gasteiger partial charge is 0.0603 e. The summed E-state index contributed by atoms with van der Waals surface area (Å²) in [5, 5.41) is 0. The highest BCUT2D eigenvalue weighted by atomic mass is 16.5. The van der Waals surface area contributed by atoms with E-state index in [4.69, 9.17) is 10.5 Å². The average Bonchev–Trinajstić information content (AvgIpc) is 2.96. The highest BCUT2D eigenvalue weighted by molar-refractivity contribution is 5.39. The van der Waals surface area contributed by atoms with Gasteiger partial charge in [0.15, 0.2) is 0 Å². The van der Waals surface area contributed by atoms with Gasteiger partial charge in [-0.15, -0.1) is 0 Å². The lowest BCUT2D eigenvalue weighted by Gasteiger charge is -2.47. The molecule has 1 saturated heterocycles. The van der Waals surface area contributed by atoms with Crippen molar-refractivity contribution in [1.82, 2.24) is 0 Å². The molecule has 1 saturated carbocycles.